The fourth-order valence-electron chi connectivity index (χ4n) is 3.58. The van der Waals surface area contributed by atoms with E-state index in [-0.39, 0.29) is 0 Å². The van der Waals surface area contributed by atoms with Gasteiger partial charge in [-0.05, 0) is 43.5 Å². The van der Waals surface area contributed by atoms with Crippen LogP contribution in [-0.2, 0) is 19.9 Å². The summed E-state index contributed by atoms with van der Waals surface area (Å²) in [6.07, 6.45) is 13.1. The van der Waals surface area contributed by atoms with Crippen molar-refractivity contribution < 1.29 is 0 Å². The van der Waals surface area contributed by atoms with Crippen LogP contribution in [0.2, 0.25) is 0 Å². The molecule has 0 fully saturated rings. The number of aryl methyl sites for hydroxylation is 4. The first-order valence-corrected chi connectivity index (χ1v) is 10.2. The lowest BCUT2D eigenvalue weighted by Gasteiger charge is -2.04. The molecule has 2 aromatic carbocycles. The number of hydrogen-bond acceptors (Lipinski definition) is 3. The summed E-state index contributed by atoms with van der Waals surface area (Å²) in [4.78, 5) is 14.3. The fraction of sp³-hybridized carbons (Fsp3) is 0.240. The molecular weight excluding hydrogens is 356 g/mol. The summed E-state index contributed by atoms with van der Waals surface area (Å²) in [6.45, 7) is 4.28. The van der Waals surface area contributed by atoms with E-state index >= 15 is 0 Å². The highest BCUT2D eigenvalue weighted by atomic mass is 15.1. The van der Waals surface area contributed by atoms with Crippen molar-refractivity contribution in [3.63, 3.8) is 0 Å². The third-order valence-electron chi connectivity index (χ3n) is 5.25. The summed E-state index contributed by atoms with van der Waals surface area (Å²) in [5.74, 6) is 1.07. The van der Waals surface area contributed by atoms with Gasteiger partial charge in [-0.1, -0.05) is 49.4 Å². The normalized spacial score (nSPS) is 12.1. The molecule has 29 heavy (non-hydrogen) atoms. The zero-order valence-electron chi connectivity index (χ0n) is 17.3. The van der Waals surface area contributed by atoms with E-state index in [1.807, 2.05) is 30.5 Å². The predicted molar refractivity (Wildman–Crippen MR) is 121 cm³/mol. The van der Waals surface area contributed by atoms with Crippen LogP contribution in [0, 0.1) is 6.92 Å². The number of aromatic nitrogens is 4. The maximum Gasteiger partial charge on any atom is 0.110 e. The van der Waals surface area contributed by atoms with Crippen LogP contribution in [0.3, 0.4) is 0 Å². The second kappa shape index (κ2) is 8.39. The van der Waals surface area contributed by atoms with E-state index in [1.54, 1.807) is 0 Å². The first kappa shape index (κ1) is 19.1. The second-order valence-corrected chi connectivity index (χ2v) is 7.30. The van der Waals surface area contributed by atoms with Crippen LogP contribution in [0.5, 0.6) is 0 Å². The number of benzene rings is 2. The predicted octanol–water partition coefficient (Wildman–Crippen LogP) is 5.59. The molecule has 0 amide bonds. The van der Waals surface area contributed by atoms with Gasteiger partial charge in [0.2, 0.25) is 0 Å². The Balaban J connectivity index is 1.62. The maximum absolute atomic E-state index is 4.99. The zero-order chi connectivity index (χ0) is 20.2. The molecule has 4 aromatic rings. The van der Waals surface area contributed by atoms with Crippen LogP contribution in [-0.4, -0.2) is 19.5 Å². The minimum atomic E-state index is 0.818. The average molecular weight is 383 g/mol. The molecule has 0 saturated carbocycles. The van der Waals surface area contributed by atoms with E-state index in [9.17, 15) is 0 Å². The van der Waals surface area contributed by atoms with Crippen LogP contribution in [0.4, 0.5) is 0 Å². The quantitative estimate of drug-likeness (QED) is 0.408. The summed E-state index contributed by atoms with van der Waals surface area (Å²) in [5, 5.41) is 0. The number of rotatable bonds is 6. The lowest BCUT2D eigenvalue weighted by molar-refractivity contribution is 0.775. The summed E-state index contributed by atoms with van der Waals surface area (Å²) >= 11 is 0. The average Bonchev–Trinajstić information content (AvgIpc) is 3.06. The Hall–Kier alpha value is -3.27. The highest BCUT2D eigenvalue weighted by Gasteiger charge is 2.12. The molecule has 4 heteroatoms. The largest absolute Gasteiger partial charge is 0.331 e. The van der Waals surface area contributed by atoms with Crippen molar-refractivity contribution in [1.82, 2.24) is 19.5 Å². The Bertz CT molecular complexity index is 1210. The minimum Gasteiger partial charge on any atom is -0.331 e. The van der Waals surface area contributed by atoms with Gasteiger partial charge in [0.1, 0.15) is 5.82 Å². The second-order valence-electron chi connectivity index (χ2n) is 7.30. The first-order valence-electron chi connectivity index (χ1n) is 10.2. The van der Waals surface area contributed by atoms with Crippen LogP contribution in [0.25, 0.3) is 28.1 Å². The van der Waals surface area contributed by atoms with Gasteiger partial charge in [-0.15, -0.1) is 0 Å². The van der Waals surface area contributed by atoms with Crippen molar-refractivity contribution >= 4 is 28.1 Å². The van der Waals surface area contributed by atoms with Gasteiger partial charge in [0, 0.05) is 25.2 Å². The number of para-hydroxylation sites is 2. The molecule has 4 rings (SSSR count). The van der Waals surface area contributed by atoms with E-state index in [2.05, 4.69) is 66.9 Å². The van der Waals surface area contributed by atoms with E-state index in [0.717, 1.165) is 52.8 Å². The lowest BCUT2D eigenvalue weighted by Crippen LogP contribution is -2.02. The van der Waals surface area contributed by atoms with Crippen LogP contribution in [0.15, 0.2) is 60.8 Å². The maximum atomic E-state index is 4.99. The molecule has 2 heterocycles. The Labute approximate surface area is 171 Å². The Kier molecular flexibility index (Phi) is 5.52. The molecule has 0 spiro atoms. The first-order chi connectivity index (χ1) is 14.2. The molecule has 0 atom stereocenters. The van der Waals surface area contributed by atoms with E-state index < -0.39 is 0 Å². The van der Waals surface area contributed by atoms with Gasteiger partial charge in [-0.3, -0.25) is 4.98 Å². The fourth-order valence-corrected chi connectivity index (χ4v) is 3.58. The van der Waals surface area contributed by atoms with E-state index in [4.69, 9.17) is 9.97 Å². The molecule has 0 saturated heterocycles. The zero-order valence-corrected chi connectivity index (χ0v) is 17.3. The molecule has 0 aliphatic carbocycles. The summed E-state index contributed by atoms with van der Waals surface area (Å²) in [7, 11) is 2.09. The topological polar surface area (TPSA) is 43.6 Å². The van der Waals surface area contributed by atoms with Crippen molar-refractivity contribution in [2.24, 2.45) is 7.05 Å². The highest BCUT2D eigenvalue weighted by Crippen LogP contribution is 2.24. The molecule has 146 valence electrons. The third-order valence-corrected chi connectivity index (χ3v) is 5.25. The van der Waals surface area contributed by atoms with E-state index in [0.29, 0.717) is 0 Å². The van der Waals surface area contributed by atoms with Crippen LogP contribution >= 0.6 is 0 Å². The van der Waals surface area contributed by atoms with Gasteiger partial charge in [0.05, 0.1) is 27.8 Å². The van der Waals surface area contributed by atoms with Gasteiger partial charge in [-0.2, -0.15) is 0 Å². The van der Waals surface area contributed by atoms with Crippen LogP contribution < -0.4 is 0 Å². The molecule has 0 N–H and O–H groups in total. The Morgan fingerprint density at radius 1 is 0.966 bits per heavy atom. The Morgan fingerprint density at radius 2 is 1.79 bits per heavy atom. The Morgan fingerprint density at radius 3 is 2.62 bits per heavy atom. The molecule has 2 aromatic heterocycles. The molecule has 0 unspecified atom stereocenters. The van der Waals surface area contributed by atoms with E-state index in [1.165, 1.54) is 11.1 Å². The molecule has 0 radical (unpaired) electrons. The number of imidazole rings is 1. The summed E-state index contributed by atoms with van der Waals surface area (Å²) in [5.41, 5.74) is 7.53. The number of fused-ring (bicyclic) bond motifs is 2. The minimum absolute atomic E-state index is 0.818. The molecule has 0 bridgehead atoms. The number of nitrogens with zero attached hydrogens (tertiary/aromatic N) is 4. The van der Waals surface area contributed by atoms with Gasteiger partial charge < -0.3 is 4.57 Å². The van der Waals surface area contributed by atoms with Crippen molar-refractivity contribution in [2.45, 2.75) is 33.1 Å². The van der Waals surface area contributed by atoms with Gasteiger partial charge in [-0.25, -0.2) is 9.97 Å². The molecular formula is C25H26N4. The highest BCUT2D eigenvalue weighted by molar-refractivity contribution is 5.87. The molecule has 4 nitrogen and oxygen atoms in total. The van der Waals surface area contributed by atoms with Crippen molar-refractivity contribution in [1.29, 1.82) is 0 Å². The van der Waals surface area contributed by atoms with Crippen molar-refractivity contribution in [3.05, 3.63) is 83.5 Å². The van der Waals surface area contributed by atoms with Crippen molar-refractivity contribution in [3.8, 4) is 0 Å². The van der Waals surface area contributed by atoms with Crippen LogP contribution in [0.1, 0.15) is 36.0 Å². The standard InChI is InChI=1S/C25H26N4/c1-4-5-6-7-10-20-18(2)13-15-23-25(20)28-24(29(23)3)16-14-19-17-26-21-11-8-9-12-22(21)27-19/h5-13,15,17H,4,14,16H2,1-3H3/b6-5+,10-7-. The van der Waals surface area contributed by atoms with Gasteiger partial charge in [0.25, 0.3) is 0 Å². The SMILES string of the molecule is CC/C=C/C=C\c1c(C)ccc2c1nc(CCc1cnc3ccccc3n1)n2C. The monoisotopic (exact) mass is 382 g/mol. The number of allylic oxidation sites excluding steroid dienone is 3. The summed E-state index contributed by atoms with van der Waals surface area (Å²) < 4.78 is 2.20. The summed E-state index contributed by atoms with van der Waals surface area (Å²) in [6, 6.07) is 12.3. The van der Waals surface area contributed by atoms with Gasteiger partial charge >= 0.3 is 0 Å². The van der Waals surface area contributed by atoms with Crippen molar-refractivity contribution in [2.75, 3.05) is 0 Å². The smallest absolute Gasteiger partial charge is 0.110 e. The van der Waals surface area contributed by atoms with Gasteiger partial charge in [0.15, 0.2) is 0 Å². The number of hydrogen-bond donors (Lipinski definition) is 0. The third kappa shape index (κ3) is 3.97. The molecule has 0 aliphatic heterocycles. The lowest BCUT2D eigenvalue weighted by atomic mass is 10.1. The molecule has 0 aliphatic rings.